The fourth-order valence-corrected chi connectivity index (χ4v) is 10.2. The van der Waals surface area contributed by atoms with Crippen LogP contribution in [0.4, 0.5) is 0 Å². The van der Waals surface area contributed by atoms with E-state index in [-0.39, 0.29) is 11.0 Å². The molecule has 4 nitrogen and oxygen atoms in total. The van der Waals surface area contributed by atoms with Crippen molar-refractivity contribution in [3.8, 4) is 5.69 Å². The van der Waals surface area contributed by atoms with Crippen LogP contribution in [0.3, 0.4) is 0 Å². The molecule has 4 fully saturated rings. The number of nitrogens with zero attached hydrogens (tertiary/aromatic N) is 2. The Morgan fingerprint density at radius 3 is 2.59 bits per heavy atom. The van der Waals surface area contributed by atoms with Gasteiger partial charge in [0.2, 0.25) is 0 Å². The fraction of sp³-hybridized carbons (Fsp3) is 0.536. The zero-order chi connectivity index (χ0) is 23.0. The number of benzene rings is 1. The van der Waals surface area contributed by atoms with Crippen LogP contribution in [0.25, 0.3) is 15.9 Å². The summed E-state index contributed by atoms with van der Waals surface area (Å²) in [5.74, 6) is 3.09. The molecule has 0 spiro atoms. The number of Topliss-reactive ketones (excluding diaryl/α,β-unsaturated/α-hetero) is 1. The summed E-state index contributed by atoms with van der Waals surface area (Å²) >= 11 is 3.16. The fourth-order valence-electron chi connectivity index (χ4n) is 7.85. The topological polar surface area (TPSA) is 52.0 Å². The van der Waals surface area contributed by atoms with Crippen LogP contribution >= 0.6 is 23.1 Å². The molecule has 5 aliphatic rings. The van der Waals surface area contributed by atoms with Crippen LogP contribution < -0.4 is 5.56 Å². The lowest BCUT2D eigenvalue weighted by Gasteiger charge is -2.56. The number of hydrogen-bond acceptors (Lipinski definition) is 5. The van der Waals surface area contributed by atoms with Crippen LogP contribution in [-0.4, -0.2) is 21.1 Å². The number of thiophene rings is 1. The molecule has 4 bridgehead atoms. The summed E-state index contributed by atoms with van der Waals surface area (Å²) in [4.78, 5) is 34.8. The van der Waals surface area contributed by atoms with Gasteiger partial charge in [-0.1, -0.05) is 23.9 Å². The Morgan fingerprint density at radius 1 is 1.15 bits per heavy atom. The maximum atomic E-state index is 13.9. The van der Waals surface area contributed by atoms with E-state index in [2.05, 4.69) is 0 Å². The number of carbonyl (C=O) groups is 1. The van der Waals surface area contributed by atoms with Crippen molar-refractivity contribution in [2.45, 2.75) is 69.9 Å². The SMILES string of the molecule is Cc1cccc(-n2c(SCC(=O)C34CC5CC(CC(C5)C3)C4)nc3sc4c(c3c2=O)CCC4)c1. The first-order valence-corrected chi connectivity index (χ1v) is 14.6. The molecule has 0 amide bonds. The maximum Gasteiger partial charge on any atom is 0.267 e. The lowest BCUT2D eigenvalue weighted by molar-refractivity contribution is -0.141. The Kier molecular flexibility index (Phi) is 4.90. The molecule has 0 atom stereocenters. The number of hydrogen-bond donors (Lipinski definition) is 0. The highest BCUT2D eigenvalue weighted by Gasteiger charge is 2.54. The highest BCUT2D eigenvalue weighted by atomic mass is 32.2. The number of aryl methyl sites for hydroxylation is 3. The molecule has 4 saturated carbocycles. The number of thioether (sulfide) groups is 1. The summed E-state index contributed by atoms with van der Waals surface area (Å²) in [5.41, 5.74) is 3.09. The minimum Gasteiger partial charge on any atom is -0.298 e. The molecule has 0 N–H and O–H groups in total. The van der Waals surface area contributed by atoms with E-state index < -0.39 is 0 Å². The van der Waals surface area contributed by atoms with Crippen molar-refractivity contribution in [2.75, 3.05) is 5.75 Å². The van der Waals surface area contributed by atoms with E-state index in [4.69, 9.17) is 4.98 Å². The Labute approximate surface area is 208 Å². The maximum absolute atomic E-state index is 13.9. The zero-order valence-electron chi connectivity index (χ0n) is 19.6. The number of aromatic nitrogens is 2. The van der Waals surface area contributed by atoms with E-state index in [1.807, 2.05) is 31.2 Å². The average molecular weight is 491 g/mol. The molecule has 8 rings (SSSR count). The molecule has 6 heteroatoms. The summed E-state index contributed by atoms with van der Waals surface area (Å²) < 4.78 is 1.78. The highest BCUT2D eigenvalue weighted by molar-refractivity contribution is 7.99. The third-order valence-corrected chi connectivity index (χ3v) is 11.1. The van der Waals surface area contributed by atoms with E-state index in [9.17, 15) is 9.59 Å². The minimum absolute atomic E-state index is 0.0275. The molecule has 0 saturated heterocycles. The van der Waals surface area contributed by atoms with Gasteiger partial charge in [-0.05, 0) is 106 Å². The van der Waals surface area contributed by atoms with Gasteiger partial charge in [0.05, 0.1) is 16.8 Å². The van der Waals surface area contributed by atoms with E-state index in [1.54, 1.807) is 15.9 Å². The van der Waals surface area contributed by atoms with Crippen molar-refractivity contribution in [1.82, 2.24) is 9.55 Å². The smallest absolute Gasteiger partial charge is 0.267 e. The minimum atomic E-state index is -0.107. The number of rotatable bonds is 5. The largest absolute Gasteiger partial charge is 0.298 e. The van der Waals surface area contributed by atoms with Gasteiger partial charge in [-0.25, -0.2) is 4.98 Å². The molecule has 5 aliphatic carbocycles. The second-order valence-corrected chi connectivity index (χ2v) is 13.3. The van der Waals surface area contributed by atoms with Gasteiger partial charge < -0.3 is 0 Å². The first-order chi connectivity index (χ1) is 16.5. The Balaban J connectivity index is 1.27. The van der Waals surface area contributed by atoms with Gasteiger partial charge in [0, 0.05) is 10.3 Å². The molecular weight excluding hydrogens is 460 g/mol. The molecule has 1 aromatic carbocycles. The summed E-state index contributed by atoms with van der Waals surface area (Å²) in [7, 11) is 0. The number of ketones is 1. The van der Waals surface area contributed by atoms with Gasteiger partial charge in [-0.2, -0.15) is 0 Å². The molecule has 176 valence electrons. The molecule has 0 aliphatic heterocycles. The zero-order valence-corrected chi connectivity index (χ0v) is 21.3. The van der Waals surface area contributed by atoms with Crippen LogP contribution in [0.2, 0.25) is 0 Å². The summed E-state index contributed by atoms with van der Waals surface area (Å²) in [6.45, 7) is 2.05. The molecule has 2 aromatic heterocycles. The standard InChI is InChI=1S/C28H30N2O2S2/c1-16-4-2-5-20(8-16)30-26(32)24-21-6-3-7-22(21)34-25(24)29-27(30)33-15-23(31)28-12-17-9-18(13-28)11-19(10-17)14-28/h2,4-5,8,17-19H,3,6-7,9-15H2,1H3. The van der Waals surface area contributed by atoms with E-state index in [1.165, 1.54) is 41.5 Å². The van der Waals surface area contributed by atoms with Crippen LogP contribution in [0.1, 0.15) is 60.9 Å². The lowest BCUT2D eigenvalue weighted by atomic mass is 9.48. The van der Waals surface area contributed by atoms with Gasteiger partial charge in [-0.15, -0.1) is 11.3 Å². The Morgan fingerprint density at radius 2 is 1.88 bits per heavy atom. The van der Waals surface area contributed by atoms with Crippen molar-refractivity contribution < 1.29 is 4.79 Å². The number of carbonyl (C=O) groups excluding carboxylic acids is 1. The summed E-state index contributed by atoms with van der Waals surface area (Å²) in [6, 6.07) is 8.08. The monoisotopic (exact) mass is 490 g/mol. The normalized spacial score (nSPS) is 29.1. The molecular formula is C28H30N2O2S2. The Bertz CT molecular complexity index is 1350. The van der Waals surface area contributed by atoms with Crippen LogP contribution in [-0.2, 0) is 17.6 Å². The first kappa shape index (κ1) is 21.4. The quantitative estimate of drug-likeness (QED) is 0.319. The van der Waals surface area contributed by atoms with Crippen molar-refractivity contribution in [2.24, 2.45) is 23.2 Å². The first-order valence-electron chi connectivity index (χ1n) is 12.8. The van der Waals surface area contributed by atoms with Crippen molar-refractivity contribution in [1.29, 1.82) is 0 Å². The van der Waals surface area contributed by atoms with Gasteiger partial charge in [0.15, 0.2) is 5.16 Å². The van der Waals surface area contributed by atoms with Gasteiger partial charge in [0.25, 0.3) is 5.56 Å². The van der Waals surface area contributed by atoms with Crippen LogP contribution in [0, 0.1) is 30.1 Å². The van der Waals surface area contributed by atoms with Crippen molar-refractivity contribution >= 4 is 39.1 Å². The molecule has 2 heterocycles. The summed E-state index contributed by atoms with van der Waals surface area (Å²) in [5, 5.41) is 1.47. The molecule has 34 heavy (non-hydrogen) atoms. The molecule has 0 unspecified atom stereocenters. The van der Waals surface area contributed by atoms with Gasteiger partial charge in [0.1, 0.15) is 10.6 Å². The van der Waals surface area contributed by atoms with Crippen molar-refractivity contribution in [3.05, 3.63) is 50.6 Å². The average Bonchev–Trinajstić information content (AvgIpc) is 3.37. The van der Waals surface area contributed by atoms with Gasteiger partial charge in [-0.3, -0.25) is 14.2 Å². The Hall–Kier alpha value is -1.92. The predicted octanol–water partition coefficient (Wildman–Crippen LogP) is 6.12. The highest BCUT2D eigenvalue weighted by Crippen LogP contribution is 2.60. The third kappa shape index (κ3) is 3.28. The third-order valence-electron chi connectivity index (χ3n) is 8.93. The second-order valence-electron chi connectivity index (χ2n) is 11.3. The van der Waals surface area contributed by atoms with Crippen LogP contribution in [0.5, 0.6) is 0 Å². The van der Waals surface area contributed by atoms with Crippen molar-refractivity contribution in [3.63, 3.8) is 0 Å². The number of fused-ring (bicyclic) bond motifs is 3. The van der Waals surface area contributed by atoms with Gasteiger partial charge >= 0.3 is 0 Å². The molecule has 3 aromatic rings. The van der Waals surface area contributed by atoms with E-state index in [0.29, 0.717) is 16.7 Å². The lowest BCUT2D eigenvalue weighted by Crippen LogP contribution is -2.50. The van der Waals surface area contributed by atoms with Crippen LogP contribution in [0.15, 0.2) is 34.2 Å². The van der Waals surface area contributed by atoms with E-state index in [0.717, 1.165) is 77.7 Å². The summed E-state index contributed by atoms with van der Waals surface area (Å²) in [6.07, 6.45) is 10.4. The van der Waals surface area contributed by atoms with E-state index >= 15 is 0 Å². The molecule has 0 radical (unpaired) electrons. The predicted molar refractivity (Wildman–Crippen MR) is 138 cm³/mol. The second kappa shape index (κ2) is 7.79.